The molecular formula is C15H23NO2S. The zero-order valence-electron chi connectivity index (χ0n) is 12.0. The second-order valence-electron chi connectivity index (χ2n) is 4.89. The lowest BCUT2D eigenvalue weighted by molar-refractivity contribution is 0.229. The second kappa shape index (κ2) is 7.06. The number of nitrogens with zero attached hydrogens (tertiary/aromatic N) is 1. The Hall–Kier alpha value is -0.870. The maximum atomic E-state index is 5.36. The van der Waals surface area contributed by atoms with Gasteiger partial charge in [-0.2, -0.15) is 11.8 Å². The molecule has 1 saturated heterocycles. The molecule has 2 rings (SSSR count). The highest BCUT2D eigenvalue weighted by molar-refractivity contribution is 7.99. The summed E-state index contributed by atoms with van der Waals surface area (Å²) >= 11 is 2.06. The van der Waals surface area contributed by atoms with Crippen molar-refractivity contribution in [3.05, 3.63) is 23.8 Å². The largest absolute Gasteiger partial charge is 0.493 e. The summed E-state index contributed by atoms with van der Waals surface area (Å²) in [5, 5.41) is 0. The quantitative estimate of drug-likeness (QED) is 0.827. The molecule has 0 bridgehead atoms. The van der Waals surface area contributed by atoms with Crippen molar-refractivity contribution in [1.82, 2.24) is 4.90 Å². The van der Waals surface area contributed by atoms with Crippen LogP contribution >= 0.6 is 11.8 Å². The molecule has 1 atom stereocenters. The third kappa shape index (κ3) is 3.80. The molecule has 0 spiro atoms. The SMILES string of the molecule is COc1ccc(C[C@H](C)N2CCSCC2)cc1OC. The van der Waals surface area contributed by atoms with Gasteiger partial charge in [0.25, 0.3) is 0 Å². The van der Waals surface area contributed by atoms with Crippen molar-refractivity contribution < 1.29 is 9.47 Å². The van der Waals surface area contributed by atoms with E-state index in [-0.39, 0.29) is 0 Å². The number of rotatable bonds is 5. The minimum atomic E-state index is 0.582. The van der Waals surface area contributed by atoms with Gasteiger partial charge in [0.05, 0.1) is 14.2 Å². The maximum Gasteiger partial charge on any atom is 0.160 e. The molecule has 1 aromatic carbocycles. The lowest BCUT2D eigenvalue weighted by Crippen LogP contribution is -2.40. The van der Waals surface area contributed by atoms with Crippen LogP contribution in [0.3, 0.4) is 0 Å². The Balaban J connectivity index is 2.01. The maximum absolute atomic E-state index is 5.36. The second-order valence-corrected chi connectivity index (χ2v) is 6.12. The zero-order valence-corrected chi connectivity index (χ0v) is 12.8. The van der Waals surface area contributed by atoms with Gasteiger partial charge in [-0.05, 0) is 31.0 Å². The normalized spacial score (nSPS) is 18.1. The minimum Gasteiger partial charge on any atom is -0.493 e. The highest BCUT2D eigenvalue weighted by Gasteiger charge is 2.17. The van der Waals surface area contributed by atoms with Crippen molar-refractivity contribution in [2.75, 3.05) is 38.8 Å². The first kappa shape index (κ1) is 14.5. The van der Waals surface area contributed by atoms with E-state index in [0.717, 1.165) is 17.9 Å². The van der Waals surface area contributed by atoms with Gasteiger partial charge in [-0.15, -0.1) is 0 Å². The first-order chi connectivity index (χ1) is 9.24. The van der Waals surface area contributed by atoms with Crippen LogP contribution in [0.4, 0.5) is 0 Å². The van der Waals surface area contributed by atoms with E-state index < -0.39 is 0 Å². The average molecular weight is 281 g/mol. The third-order valence-corrected chi connectivity index (χ3v) is 4.59. The van der Waals surface area contributed by atoms with Gasteiger partial charge in [0.2, 0.25) is 0 Å². The Kier molecular flexibility index (Phi) is 5.40. The molecule has 4 heteroatoms. The predicted octanol–water partition coefficient (Wildman–Crippen LogP) is 2.68. The first-order valence-electron chi connectivity index (χ1n) is 6.77. The summed E-state index contributed by atoms with van der Waals surface area (Å²) in [5.74, 6) is 4.14. The number of hydrogen-bond acceptors (Lipinski definition) is 4. The fourth-order valence-corrected chi connectivity index (χ4v) is 3.43. The van der Waals surface area contributed by atoms with Gasteiger partial charge >= 0.3 is 0 Å². The molecule has 0 radical (unpaired) electrons. The van der Waals surface area contributed by atoms with Gasteiger partial charge < -0.3 is 9.47 Å². The van der Waals surface area contributed by atoms with E-state index in [1.54, 1.807) is 14.2 Å². The number of benzene rings is 1. The van der Waals surface area contributed by atoms with E-state index >= 15 is 0 Å². The number of thioether (sulfide) groups is 1. The summed E-state index contributed by atoms with van der Waals surface area (Å²) < 4.78 is 10.6. The van der Waals surface area contributed by atoms with Crippen molar-refractivity contribution in [2.45, 2.75) is 19.4 Å². The van der Waals surface area contributed by atoms with Gasteiger partial charge in [-0.25, -0.2) is 0 Å². The Morgan fingerprint density at radius 1 is 1.16 bits per heavy atom. The van der Waals surface area contributed by atoms with Crippen LogP contribution in [-0.2, 0) is 6.42 Å². The van der Waals surface area contributed by atoms with Gasteiger partial charge in [0, 0.05) is 30.6 Å². The molecule has 1 aromatic rings. The van der Waals surface area contributed by atoms with Crippen LogP contribution in [0, 0.1) is 0 Å². The van der Waals surface area contributed by atoms with E-state index in [9.17, 15) is 0 Å². The van der Waals surface area contributed by atoms with Gasteiger partial charge in [-0.3, -0.25) is 4.90 Å². The molecular weight excluding hydrogens is 258 g/mol. The van der Waals surface area contributed by atoms with Crippen molar-refractivity contribution in [3.63, 3.8) is 0 Å². The minimum absolute atomic E-state index is 0.582. The number of hydrogen-bond donors (Lipinski definition) is 0. The molecule has 1 aliphatic rings. The van der Waals surface area contributed by atoms with E-state index in [4.69, 9.17) is 9.47 Å². The Morgan fingerprint density at radius 3 is 2.47 bits per heavy atom. The Bertz CT molecular complexity index is 405. The molecule has 0 aliphatic carbocycles. The molecule has 1 fully saturated rings. The van der Waals surface area contributed by atoms with Crippen LogP contribution < -0.4 is 9.47 Å². The highest BCUT2D eigenvalue weighted by atomic mass is 32.2. The van der Waals surface area contributed by atoms with E-state index in [1.807, 2.05) is 6.07 Å². The Morgan fingerprint density at radius 2 is 1.84 bits per heavy atom. The van der Waals surface area contributed by atoms with Gasteiger partial charge in [-0.1, -0.05) is 6.07 Å². The molecule has 19 heavy (non-hydrogen) atoms. The molecule has 0 N–H and O–H groups in total. The molecule has 0 saturated carbocycles. The van der Waals surface area contributed by atoms with E-state index in [0.29, 0.717) is 6.04 Å². The molecule has 106 valence electrons. The number of methoxy groups -OCH3 is 2. The topological polar surface area (TPSA) is 21.7 Å². The summed E-state index contributed by atoms with van der Waals surface area (Å²) in [6.07, 6.45) is 1.06. The first-order valence-corrected chi connectivity index (χ1v) is 7.92. The van der Waals surface area contributed by atoms with Crippen molar-refractivity contribution in [3.8, 4) is 11.5 Å². The summed E-state index contributed by atoms with van der Waals surface area (Å²) in [4.78, 5) is 2.58. The van der Waals surface area contributed by atoms with Crippen LogP contribution in [0.25, 0.3) is 0 Å². The molecule has 1 aliphatic heterocycles. The molecule has 1 heterocycles. The Labute approximate surface area is 120 Å². The fraction of sp³-hybridized carbons (Fsp3) is 0.600. The van der Waals surface area contributed by atoms with Crippen LogP contribution in [0.15, 0.2) is 18.2 Å². The number of ether oxygens (including phenoxy) is 2. The predicted molar refractivity (Wildman–Crippen MR) is 81.6 cm³/mol. The smallest absolute Gasteiger partial charge is 0.160 e. The van der Waals surface area contributed by atoms with E-state index in [2.05, 4.69) is 35.7 Å². The summed E-state index contributed by atoms with van der Waals surface area (Å²) in [7, 11) is 3.36. The summed E-state index contributed by atoms with van der Waals surface area (Å²) in [5.41, 5.74) is 1.31. The standard InChI is InChI=1S/C15H23NO2S/c1-12(16-6-8-19-9-7-16)10-13-4-5-14(17-2)15(11-13)18-3/h4-5,11-12H,6-10H2,1-3H3/t12-/m0/s1. The monoisotopic (exact) mass is 281 g/mol. The van der Waals surface area contributed by atoms with Crippen molar-refractivity contribution >= 4 is 11.8 Å². The molecule has 0 amide bonds. The van der Waals surface area contributed by atoms with Crippen molar-refractivity contribution in [2.24, 2.45) is 0 Å². The lowest BCUT2D eigenvalue weighted by atomic mass is 10.1. The van der Waals surface area contributed by atoms with Crippen LogP contribution in [0.5, 0.6) is 11.5 Å². The van der Waals surface area contributed by atoms with E-state index in [1.165, 1.54) is 30.2 Å². The van der Waals surface area contributed by atoms with Crippen LogP contribution in [0.2, 0.25) is 0 Å². The molecule has 3 nitrogen and oxygen atoms in total. The summed E-state index contributed by atoms with van der Waals surface area (Å²) in [6.45, 7) is 4.73. The van der Waals surface area contributed by atoms with Crippen molar-refractivity contribution in [1.29, 1.82) is 0 Å². The van der Waals surface area contributed by atoms with Crippen LogP contribution in [-0.4, -0.2) is 49.8 Å². The highest BCUT2D eigenvalue weighted by Crippen LogP contribution is 2.28. The summed E-state index contributed by atoms with van der Waals surface area (Å²) in [6, 6.07) is 6.80. The lowest BCUT2D eigenvalue weighted by Gasteiger charge is -2.32. The van der Waals surface area contributed by atoms with Gasteiger partial charge in [0.1, 0.15) is 0 Å². The van der Waals surface area contributed by atoms with Gasteiger partial charge in [0.15, 0.2) is 11.5 Å². The molecule has 0 aromatic heterocycles. The van der Waals surface area contributed by atoms with Crippen LogP contribution in [0.1, 0.15) is 12.5 Å². The zero-order chi connectivity index (χ0) is 13.7. The average Bonchev–Trinajstić information content (AvgIpc) is 2.48. The molecule has 0 unspecified atom stereocenters. The fourth-order valence-electron chi connectivity index (χ4n) is 2.50. The third-order valence-electron chi connectivity index (χ3n) is 3.65.